The average Bonchev–Trinajstić information content (AvgIpc) is 2.42. The van der Waals surface area contributed by atoms with Crippen LogP contribution >= 0.6 is 0 Å². The molecule has 92 valence electrons. The molecule has 2 aromatic rings. The van der Waals surface area contributed by atoms with Crippen LogP contribution in [0.1, 0.15) is 23.1 Å². The Hall–Kier alpha value is -1.83. The van der Waals surface area contributed by atoms with Crippen LogP contribution in [0.3, 0.4) is 0 Å². The topological polar surface area (TPSA) is 12.0 Å². The first-order chi connectivity index (χ1) is 8.83. The molecular weight excluding hydrogens is 225 g/mol. The summed E-state index contributed by atoms with van der Waals surface area (Å²) in [6.45, 7) is 1.05. The van der Waals surface area contributed by atoms with Crippen LogP contribution in [-0.4, -0.2) is 6.54 Å². The van der Waals surface area contributed by atoms with Gasteiger partial charge >= 0.3 is 0 Å². The minimum Gasteiger partial charge on any atom is -0.385 e. The normalized spacial score (nSPS) is 13.8. The van der Waals surface area contributed by atoms with E-state index in [9.17, 15) is 4.39 Å². The second-order valence-corrected chi connectivity index (χ2v) is 4.78. The van der Waals surface area contributed by atoms with Gasteiger partial charge in [0.15, 0.2) is 0 Å². The highest BCUT2D eigenvalue weighted by Crippen LogP contribution is 2.27. The van der Waals surface area contributed by atoms with Gasteiger partial charge in [-0.2, -0.15) is 0 Å². The van der Waals surface area contributed by atoms with Gasteiger partial charge in [0.2, 0.25) is 0 Å². The van der Waals surface area contributed by atoms with E-state index in [4.69, 9.17) is 0 Å². The minimum absolute atomic E-state index is 0.174. The van der Waals surface area contributed by atoms with Crippen LogP contribution in [0.4, 0.5) is 10.1 Å². The molecule has 0 bridgehead atoms. The molecule has 0 radical (unpaired) electrons. The van der Waals surface area contributed by atoms with Crippen molar-refractivity contribution in [1.82, 2.24) is 0 Å². The van der Waals surface area contributed by atoms with Gasteiger partial charge in [-0.1, -0.05) is 30.3 Å². The van der Waals surface area contributed by atoms with E-state index in [0.717, 1.165) is 24.9 Å². The first-order valence-corrected chi connectivity index (χ1v) is 6.42. The molecule has 0 aliphatic carbocycles. The number of hydrogen-bond donors (Lipinski definition) is 1. The summed E-state index contributed by atoms with van der Waals surface area (Å²) in [7, 11) is 0. The summed E-state index contributed by atoms with van der Waals surface area (Å²) < 4.78 is 12.9. The molecule has 3 rings (SSSR count). The summed E-state index contributed by atoms with van der Waals surface area (Å²) >= 11 is 0. The molecule has 0 saturated heterocycles. The highest BCUT2D eigenvalue weighted by Gasteiger charge is 2.12. The van der Waals surface area contributed by atoms with Crippen molar-refractivity contribution < 1.29 is 4.39 Å². The zero-order valence-corrected chi connectivity index (χ0v) is 10.2. The molecule has 0 aromatic heterocycles. The highest BCUT2D eigenvalue weighted by atomic mass is 19.1. The number of aryl methyl sites for hydroxylation is 1. The Morgan fingerprint density at radius 1 is 1.06 bits per heavy atom. The monoisotopic (exact) mass is 241 g/mol. The average molecular weight is 241 g/mol. The number of halogens is 1. The molecule has 1 aliphatic rings. The van der Waals surface area contributed by atoms with Crippen LogP contribution in [0.25, 0.3) is 0 Å². The predicted octanol–water partition coefficient (Wildman–Crippen LogP) is 3.77. The predicted molar refractivity (Wildman–Crippen MR) is 72.5 cm³/mol. The summed E-state index contributed by atoms with van der Waals surface area (Å²) in [5, 5.41) is 3.49. The second-order valence-electron chi connectivity index (χ2n) is 4.78. The van der Waals surface area contributed by atoms with E-state index in [2.05, 4.69) is 23.5 Å². The third-order valence-electron chi connectivity index (χ3n) is 3.47. The van der Waals surface area contributed by atoms with E-state index in [-0.39, 0.29) is 5.82 Å². The summed E-state index contributed by atoms with van der Waals surface area (Å²) in [4.78, 5) is 0. The maximum atomic E-state index is 12.9. The fourth-order valence-electron chi connectivity index (χ4n) is 2.55. The molecule has 1 aliphatic heterocycles. The van der Waals surface area contributed by atoms with Gasteiger partial charge in [0, 0.05) is 12.2 Å². The van der Waals surface area contributed by atoms with Crippen LogP contribution in [0, 0.1) is 5.82 Å². The third kappa shape index (κ3) is 2.23. The Morgan fingerprint density at radius 2 is 1.89 bits per heavy atom. The van der Waals surface area contributed by atoms with Crippen molar-refractivity contribution in [1.29, 1.82) is 0 Å². The molecule has 0 fully saturated rings. The van der Waals surface area contributed by atoms with Crippen molar-refractivity contribution in [2.45, 2.75) is 19.3 Å². The van der Waals surface area contributed by atoms with E-state index in [1.165, 1.54) is 35.4 Å². The zero-order valence-electron chi connectivity index (χ0n) is 10.2. The molecule has 0 amide bonds. The number of anilines is 1. The van der Waals surface area contributed by atoms with E-state index in [1.54, 1.807) is 0 Å². The summed E-state index contributed by atoms with van der Waals surface area (Å²) in [6.07, 6.45) is 3.21. The van der Waals surface area contributed by atoms with Crippen LogP contribution < -0.4 is 5.32 Å². The minimum atomic E-state index is -0.174. The fourth-order valence-corrected chi connectivity index (χ4v) is 2.55. The molecule has 2 aromatic carbocycles. The van der Waals surface area contributed by atoms with Crippen LogP contribution in [0.5, 0.6) is 0 Å². The molecule has 0 atom stereocenters. The molecule has 0 unspecified atom stereocenters. The van der Waals surface area contributed by atoms with Gasteiger partial charge in [-0.3, -0.25) is 0 Å². The number of hydrogen-bond acceptors (Lipinski definition) is 1. The Balaban J connectivity index is 1.90. The maximum Gasteiger partial charge on any atom is 0.123 e. The van der Waals surface area contributed by atoms with Gasteiger partial charge in [-0.25, -0.2) is 4.39 Å². The SMILES string of the molecule is Fc1ccc(Cc2cccc3c2NCCC3)cc1. The second kappa shape index (κ2) is 4.81. The molecular formula is C16H16FN. The highest BCUT2D eigenvalue weighted by molar-refractivity contribution is 5.60. The van der Waals surface area contributed by atoms with Gasteiger partial charge in [0.05, 0.1) is 0 Å². The van der Waals surface area contributed by atoms with Crippen LogP contribution in [0.2, 0.25) is 0 Å². The van der Waals surface area contributed by atoms with Gasteiger partial charge in [-0.15, -0.1) is 0 Å². The number of benzene rings is 2. The smallest absolute Gasteiger partial charge is 0.123 e. The standard InChI is InChI=1S/C16H16FN/c17-15-8-6-12(7-9-15)11-14-4-1-3-13-5-2-10-18-16(13)14/h1,3-4,6-9,18H,2,5,10-11H2. The molecule has 0 saturated carbocycles. The molecule has 0 spiro atoms. The Labute approximate surface area is 107 Å². The first kappa shape index (κ1) is 11.3. The van der Waals surface area contributed by atoms with Crippen molar-refractivity contribution in [3.05, 3.63) is 65.0 Å². The van der Waals surface area contributed by atoms with Crippen molar-refractivity contribution in [3.63, 3.8) is 0 Å². The van der Waals surface area contributed by atoms with Crippen molar-refractivity contribution >= 4 is 5.69 Å². The zero-order chi connectivity index (χ0) is 12.4. The Morgan fingerprint density at radius 3 is 2.72 bits per heavy atom. The number of fused-ring (bicyclic) bond motifs is 1. The van der Waals surface area contributed by atoms with Gasteiger partial charge < -0.3 is 5.32 Å². The summed E-state index contributed by atoms with van der Waals surface area (Å²) in [5.41, 5.74) is 5.14. The van der Waals surface area contributed by atoms with Crippen LogP contribution in [0.15, 0.2) is 42.5 Å². The third-order valence-corrected chi connectivity index (χ3v) is 3.47. The first-order valence-electron chi connectivity index (χ1n) is 6.42. The summed E-state index contributed by atoms with van der Waals surface area (Å²) in [6, 6.07) is 13.2. The maximum absolute atomic E-state index is 12.9. The number of para-hydroxylation sites is 1. The van der Waals surface area contributed by atoms with E-state index in [1.807, 2.05) is 12.1 Å². The molecule has 1 heterocycles. The van der Waals surface area contributed by atoms with Crippen molar-refractivity contribution in [2.24, 2.45) is 0 Å². The van der Waals surface area contributed by atoms with Gasteiger partial charge in [-0.05, 0) is 48.1 Å². The molecule has 2 heteroatoms. The van der Waals surface area contributed by atoms with E-state index in [0.29, 0.717) is 0 Å². The largest absolute Gasteiger partial charge is 0.385 e. The molecule has 18 heavy (non-hydrogen) atoms. The quantitative estimate of drug-likeness (QED) is 0.843. The lowest BCUT2D eigenvalue weighted by Gasteiger charge is -2.21. The van der Waals surface area contributed by atoms with Gasteiger partial charge in [0.25, 0.3) is 0 Å². The Kier molecular flexibility index (Phi) is 3.01. The Bertz CT molecular complexity index is 546. The van der Waals surface area contributed by atoms with E-state index >= 15 is 0 Å². The van der Waals surface area contributed by atoms with Crippen molar-refractivity contribution in [3.8, 4) is 0 Å². The molecule has 1 N–H and O–H groups in total. The van der Waals surface area contributed by atoms with E-state index < -0.39 is 0 Å². The fraction of sp³-hybridized carbons (Fsp3) is 0.250. The lowest BCUT2D eigenvalue weighted by Crippen LogP contribution is -2.13. The lowest BCUT2D eigenvalue weighted by molar-refractivity contribution is 0.627. The van der Waals surface area contributed by atoms with Crippen LogP contribution in [-0.2, 0) is 12.8 Å². The number of rotatable bonds is 2. The summed E-state index contributed by atoms with van der Waals surface area (Å²) in [5.74, 6) is -0.174. The number of nitrogens with one attached hydrogen (secondary N) is 1. The lowest BCUT2D eigenvalue weighted by atomic mass is 9.95. The van der Waals surface area contributed by atoms with Crippen molar-refractivity contribution in [2.75, 3.05) is 11.9 Å². The molecule has 1 nitrogen and oxygen atoms in total. The van der Waals surface area contributed by atoms with Gasteiger partial charge in [0.1, 0.15) is 5.82 Å².